The summed E-state index contributed by atoms with van der Waals surface area (Å²) < 4.78 is 5.67. The van der Waals surface area contributed by atoms with E-state index in [2.05, 4.69) is 0 Å². The van der Waals surface area contributed by atoms with Crippen molar-refractivity contribution in [3.63, 3.8) is 0 Å². The van der Waals surface area contributed by atoms with Gasteiger partial charge in [-0.05, 0) is 35.9 Å². The fourth-order valence-electron chi connectivity index (χ4n) is 2.60. The predicted octanol–water partition coefficient (Wildman–Crippen LogP) is 5.10. The normalized spacial score (nSPS) is 10.4. The number of hydrogen-bond acceptors (Lipinski definition) is 4. The molecule has 0 unspecified atom stereocenters. The number of nitro groups is 1. The van der Waals surface area contributed by atoms with Crippen LogP contribution in [0.5, 0.6) is 5.75 Å². The maximum absolute atomic E-state index is 12.4. The van der Waals surface area contributed by atoms with E-state index in [0.717, 1.165) is 0 Å². The van der Waals surface area contributed by atoms with Crippen LogP contribution in [0.4, 0.5) is 5.69 Å². The molecule has 0 aromatic heterocycles. The zero-order valence-electron chi connectivity index (χ0n) is 14.3. The lowest BCUT2D eigenvalue weighted by Crippen LogP contribution is -2.04. The molecular weight excluding hydrogens is 366 g/mol. The molecule has 0 N–H and O–H groups in total. The van der Waals surface area contributed by atoms with Gasteiger partial charge in [-0.2, -0.15) is 0 Å². The van der Waals surface area contributed by atoms with Gasteiger partial charge in [-0.1, -0.05) is 41.9 Å². The number of ether oxygens (including phenoxy) is 1. The van der Waals surface area contributed by atoms with Gasteiger partial charge < -0.3 is 4.74 Å². The Morgan fingerprint density at radius 1 is 0.963 bits per heavy atom. The van der Waals surface area contributed by atoms with Gasteiger partial charge in [0.2, 0.25) is 0 Å². The van der Waals surface area contributed by atoms with Crippen LogP contribution in [0.15, 0.2) is 72.8 Å². The number of halogens is 1. The van der Waals surface area contributed by atoms with Crippen molar-refractivity contribution >= 4 is 23.1 Å². The van der Waals surface area contributed by atoms with E-state index in [-0.39, 0.29) is 11.5 Å². The van der Waals surface area contributed by atoms with Crippen LogP contribution >= 0.6 is 11.6 Å². The van der Waals surface area contributed by atoms with Gasteiger partial charge >= 0.3 is 0 Å². The number of carbonyl (C=O) groups is 1. The SMILES string of the molecule is O=C(c1ccccc1)c1ccc(OCCc2cc([N+](=O)[O-])ccc2Cl)cc1. The zero-order chi connectivity index (χ0) is 19.2. The van der Waals surface area contributed by atoms with E-state index in [1.54, 1.807) is 36.4 Å². The molecular formula is C21H16ClNO4. The first kappa shape index (κ1) is 18.6. The van der Waals surface area contributed by atoms with Gasteiger partial charge in [0.05, 0.1) is 11.5 Å². The highest BCUT2D eigenvalue weighted by Crippen LogP contribution is 2.23. The summed E-state index contributed by atoms with van der Waals surface area (Å²) >= 11 is 6.08. The summed E-state index contributed by atoms with van der Waals surface area (Å²) in [5, 5.41) is 11.3. The van der Waals surface area contributed by atoms with Crippen molar-refractivity contribution in [3.8, 4) is 5.75 Å². The molecule has 0 amide bonds. The lowest BCUT2D eigenvalue weighted by molar-refractivity contribution is -0.384. The maximum Gasteiger partial charge on any atom is 0.269 e. The molecule has 3 aromatic rings. The molecule has 0 aliphatic carbocycles. The molecule has 0 atom stereocenters. The molecule has 0 heterocycles. The molecule has 0 fully saturated rings. The standard InChI is InChI=1S/C21H16ClNO4/c22-20-11-8-18(23(25)26)14-17(20)12-13-27-19-9-6-16(7-10-19)21(24)15-4-2-1-3-5-15/h1-11,14H,12-13H2. The van der Waals surface area contributed by atoms with E-state index in [9.17, 15) is 14.9 Å². The van der Waals surface area contributed by atoms with Gasteiger partial charge in [0.1, 0.15) is 5.75 Å². The minimum absolute atomic E-state index is 0.00169. The van der Waals surface area contributed by atoms with Gasteiger partial charge in [0.15, 0.2) is 5.78 Å². The van der Waals surface area contributed by atoms with E-state index in [0.29, 0.717) is 40.5 Å². The second-order valence-corrected chi connectivity index (χ2v) is 6.26. The largest absolute Gasteiger partial charge is 0.493 e. The smallest absolute Gasteiger partial charge is 0.269 e. The summed E-state index contributed by atoms with van der Waals surface area (Å²) in [5.74, 6) is 0.562. The van der Waals surface area contributed by atoms with Crippen molar-refractivity contribution in [2.24, 2.45) is 0 Å². The number of ketones is 1. The Hall–Kier alpha value is -3.18. The topological polar surface area (TPSA) is 69.4 Å². The third-order valence-corrected chi connectivity index (χ3v) is 4.40. The molecule has 0 bridgehead atoms. The predicted molar refractivity (Wildman–Crippen MR) is 104 cm³/mol. The molecule has 3 rings (SSSR count). The molecule has 6 heteroatoms. The fraction of sp³-hybridized carbons (Fsp3) is 0.0952. The van der Waals surface area contributed by atoms with Gasteiger partial charge in [0.25, 0.3) is 5.69 Å². The molecule has 5 nitrogen and oxygen atoms in total. The quantitative estimate of drug-likeness (QED) is 0.324. The molecule has 0 spiro atoms. The second kappa shape index (κ2) is 8.47. The van der Waals surface area contributed by atoms with E-state index < -0.39 is 4.92 Å². The Labute approximate surface area is 161 Å². The average Bonchev–Trinajstić information content (AvgIpc) is 2.70. The zero-order valence-corrected chi connectivity index (χ0v) is 15.1. The summed E-state index contributed by atoms with van der Waals surface area (Å²) in [6.07, 6.45) is 0.436. The van der Waals surface area contributed by atoms with Crippen LogP contribution in [-0.4, -0.2) is 17.3 Å². The maximum atomic E-state index is 12.4. The molecule has 136 valence electrons. The average molecular weight is 382 g/mol. The number of benzene rings is 3. The Morgan fingerprint density at radius 3 is 2.30 bits per heavy atom. The Bertz CT molecular complexity index is 956. The molecule has 3 aromatic carbocycles. The number of carbonyl (C=O) groups excluding carboxylic acids is 1. The summed E-state index contributed by atoms with van der Waals surface area (Å²) in [5.41, 5.74) is 1.86. The second-order valence-electron chi connectivity index (χ2n) is 5.85. The number of nitro benzene ring substituents is 1. The van der Waals surface area contributed by atoms with Crippen molar-refractivity contribution in [2.75, 3.05) is 6.61 Å². The van der Waals surface area contributed by atoms with Gasteiger partial charge in [-0.25, -0.2) is 0 Å². The summed E-state index contributed by atoms with van der Waals surface area (Å²) in [6.45, 7) is 0.312. The Morgan fingerprint density at radius 2 is 1.63 bits per heavy atom. The molecule has 0 aliphatic heterocycles. The first-order chi connectivity index (χ1) is 13.0. The Kier molecular flexibility index (Phi) is 5.84. The molecule has 0 saturated carbocycles. The van der Waals surface area contributed by atoms with Crippen LogP contribution in [0.3, 0.4) is 0 Å². The van der Waals surface area contributed by atoms with Gasteiger partial charge in [0, 0.05) is 34.7 Å². The lowest BCUT2D eigenvalue weighted by Gasteiger charge is -2.08. The van der Waals surface area contributed by atoms with E-state index in [4.69, 9.17) is 16.3 Å². The highest BCUT2D eigenvalue weighted by molar-refractivity contribution is 6.31. The van der Waals surface area contributed by atoms with Crippen LogP contribution in [0.2, 0.25) is 5.02 Å². The van der Waals surface area contributed by atoms with E-state index >= 15 is 0 Å². The van der Waals surface area contributed by atoms with Gasteiger partial charge in [-0.15, -0.1) is 0 Å². The van der Waals surface area contributed by atoms with Gasteiger partial charge in [-0.3, -0.25) is 14.9 Å². The molecule has 0 aliphatic rings. The number of nitrogens with zero attached hydrogens (tertiary/aromatic N) is 1. The van der Waals surface area contributed by atoms with Crippen molar-refractivity contribution < 1.29 is 14.5 Å². The van der Waals surface area contributed by atoms with Crippen molar-refractivity contribution in [3.05, 3.63) is 105 Å². The number of hydrogen-bond donors (Lipinski definition) is 0. The summed E-state index contributed by atoms with van der Waals surface area (Å²) in [7, 11) is 0. The monoisotopic (exact) mass is 381 g/mol. The van der Waals surface area contributed by atoms with Crippen LogP contribution in [0.1, 0.15) is 21.5 Å². The van der Waals surface area contributed by atoms with Crippen molar-refractivity contribution in [2.45, 2.75) is 6.42 Å². The highest BCUT2D eigenvalue weighted by atomic mass is 35.5. The minimum Gasteiger partial charge on any atom is -0.493 e. The summed E-state index contributed by atoms with van der Waals surface area (Å²) in [6, 6.07) is 20.3. The third-order valence-electron chi connectivity index (χ3n) is 4.03. The van der Waals surface area contributed by atoms with Crippen molar-refractivity contribution in [1.29, 1.82) is 0 Å². The molecule has 0 radical (unpaired) electrons. The molecule has 27 heavy (non-hydrogen) atoms. The Balaban J connectivity index is 1.60. The van der Waals surface area contributed by atoms with Crippen LogP contribution < -0.4 is 4.74 Å². The first-order valence-corrected chi connectivity index (χ1v) is 8.68. The van der Waals surface area contributed by atoms with Crippen LogP contribution in [0.25, 0.3) is 0 Å². The lowest BCUT2D eigenvalue weighted by atomic mass is 10.0. The highest BCUT2D eigenvalue weighted by Gasteiger charge is 2.11. The van der Waals surface area contributed by atoms with E-state index in [1.807, 2.05) is 18.2 Å². The minimum atomic E-state index is -0.455. The van der Waals surface area contributed by atoms with Crippen molar-refractivity contribution in [1.82, 2.24) is 0 Å². The summed E-state index contributed by atoms with van der Waals surface area (Å²) in [4.78, 5) is 22.8. The van der Waals surface area contributed by atoms with Crippen LogP contribution in [0, 0.1) is 10.1 Å². The molecule has 0 saturated heterocycles. The first-order valence-electron chi connectivity index (χ1n) is 8.30. The van der Waals surface area contributed by atoms with E-state index in [1.165, 1.54) is 18.2 Å². The fourth-order valence-corrected chi connectivity index (χ4v) is 2.82. The van der Waals surface area contributed by atoms with Crippen LogP contribution in [-0.2, 0) is 6.42 Å². The number of rotatable bonds is 7. The number of non-ortho nitro benzene ring substituents is 1. The third kappa shape index (κ3) is 4.71.